The smallest absolute Gasteiger partial charge is 0.317 e. The van der Waals surface area contributed by atoms with Crippen molar-refractivity contribution < 1.29 is 9.59 Å². The van der Waals surface area contributed by atoms with Crippen LogP contribution in [0, 0.1) is 5.92 Å². The van der Waals surface area contributed by atoms with Gasteiger partial charge in [-0.2, -0.15) is 0 Å². The molecular formula is C21H28N6O2. The number of pyridine rings is 1. The zero-order valence-electron chi connectivity index (χ0n) is 16.7. The first kappa shape index (κ1) is 19.4. The van der Waals surface area contributed by atoms with Crippen molar-refractivity contribution in [1.29, 1.82) is 0 Å². The standard InChI is InChI=1S/C21H28N6O2/c28-20(25-8-1-2-9-25)13-17-5-10-26(11-6-17)21(29)24-15-18-3-4-19(23-14-18)27-12-7-22-16-27/h3-4,7,12,14,16-17H,1-2,5-6,8-11,13,15H2,(H,24,29). The summed E-state index contributed by atoms with van der Waals surface area (Å²) in [6.45, 7) is 3.70. The number of piperidine rings is 1. The molecule has 29 heavy (non-hydrogen) atoms. The van der Waals surface area contributed by atoms with Gasteiger partial charge in [0.2, 0.25) is 5.91 Å². The molecule has 2 aromatic heterocycles. The van der Waals surface area contributed by atoms with Gasteiger partial charge in [-0.1, -0.05) is 6.07 Å². The summed E-state index contributed by atoms with van der Waals surface area (Å²) in [5.74, 6) is 1.48. The molecule has 2 aromatic rings. The Kier molecular flexibility index (Phi) is 6.07. The third kappa shape index (κ3) is 4.93. The van der Waals surface area contributed by atoms with E-state index in [0.29, 0.717) is 32.0 Å². The Morgan fingerprint density at radius 1 is 1.07 bits per heavy atom. The van der Waals surface area contributed by atoms with Crippen LogP contribution < -0.4 is 5.32 Å². The number of hydrogen-bond donors (Lipinski definition) is 1. The van der Waals surface area contributed by atoms with Crippen molar-refractivity contribution in [2.24, 2.45) is 5.92 Å². The Morgan fingerprint density at radius 2 is 1.86 bits per heavy atom. The fourth-order valence-electron chi connectivity index (χ4n) is 4.04. The van der Waals surface area contributed by atoms with E-state index in [4.69, 9.17) is 0 Å². The zero-order valence-corrected chi connectivity index (χ0v) is 16.7. The summed E-state index contributed by atoms with van der Waals surface area (Å²) in [5.41, 5.74) is 0.952. The maximum absolute atomic E-state index is 12.5. The molecular weight excluding hydrogens is 368 g/mol. The Hall–Kier alpha value is -2.90. The number of carbonyl (C=O) groups excluding carboxylic acids is 2. The highest BCUT2D eigenvalue weighted by Gasteiger charge is 2.26. The van der Waals surface area contributed by atoms with Crippen molar-refractivity contribution in [3.8, 4) is 5.82 Å². The third-order valence-electron chi connectivity index (χ3n) is 5.85. The molecule has 8 heteroatoms. The fraction of sp³-hybridized carbons (Fsp3) is 0.524. The summed E-state index contributed by atoms with van der Waals surface area (Å²) in [4.78, 5) is 37.0. The number of urea groups is 1. The van der Waals surface area contributed by atoms with E-state index in [0.717, 1.165) is 50.2 Å². The van der Waals surface area contributed by atoms with Crippen molar-refractivity contribution in [2.45, 2.75) is 38.6 Å². The van der Waals surface area contributed by atoms with E-state index in [1.54, 1.807) is 18.7 Å². The first-order valence-corrected chi connectivity index (χ1v) is 10.4. The molecule has 4 heterocycles. The van der Waals surface area contributed by atoms with Crippen LogP contribution in [-0.2, 0) is 11.3 Å². The molecule has 0 unspecified atom stereocenters. The normalized spacial score (nSPS) is 17.5. The highest BCUT2D eigenvalue weighted by molar-refractivity contribution is 5.77. The van der Waals surface area contributed by atoms with Gasteiger partial charge in [-0.05, 0) is 43.2 Å². The summed E-state index contributed by atoms with van der Waals surface area (Å²) in [5, 5.41) is 2.98. The summed E-state index contributed by atoms with van der Waals surface area (Å²) in [7, 11) is 0. The second-order valence-corrected chi connectivity index (χ2v) is 7.88. The number of carbonyl (C=O) groups is 2. The number of amides is 3. The molecule has 2 fully saturated rings. The third-order valence-corrected chi connectivity index (χ3v) is 5.85. The minimum atomic E-state index is -0.0481. The van der Waals surface area contributed by atoms with E-state index in [2.05, 4.69) is 15.3 Å². The van der Waals surface area contributed by atoms with Crippen molar-refractivity contribution in [2.75, 3.05) is 26.2 Å². The van der Waals surface area contributed by atoms with Gasteiger partial charge in [-0.25, -0.2) is 14.8 Å². The predicted octanol–water partition coefficient (Wildman–Crippen LogP) is 2.20. The lowest BCUT2D eigenvalue weighted by molar-refractivity contribution is -0.131. The second-order valence-electron chi connectivity index (χ2n) is 7.88. The van der Waals surface area contributed by atoms with E-state index in [9.17, 15) is 9.59 Å². The molecule has 2 saturated heterocycles. The largest absolute Gasteiger partial charge is 0.343 e. The molecule has 1 N–H and O–H groups in total. The molecule has 0 spiro atoms. The summed E-state index contributed by atoms with van der Waals surface area (Å²) >= 11 is 0. The molecule has 0 radical (unpaired) electrons. The average Bonchev–Trinajstić information content (AvgIpc) is 3.47. The van der Waals surface area contributed by atoms with Gasteiger partial charge in [0.15, 0.2) is 0 Å². The van der Waals surface area contributed by atoms with Gasteiger partial charge in [-0.3, -0.25) is 9.36 Å². The van der Waals surface area contributed by atoms with Crippen LogP contribution in [-0.4, -0.2) is 62.5 Å². The molecule has 0 aromatic carbocycles. The number of hydrogen-bond acceptors (Lipinski definition) is 4. The lowest BCUT2D eigenvalue weighted by atomic mass is 9.93. The lowest BCUT2D eigenvalue weighted by Crippen LogP contribution is -2.44. The number of aromatic nitrogens is 3. The average molecular weight is 396 g/mol. The van der Waals surface area contributed by atoms with Gasteiger partial charge < -0.3 is 15.1 Å². The van der Waals surface area contributed by atoms with Gasteiger partial charge in [-0.15, -0.1) is 0 Å². The van der Waals surface area contributed by atoms with Crippen molar-refractivity contribution in [1.82, 2.24) is 29.7 Å². The van der Waals surface area contributed by atoms with E-state index in [1.807, 2.05) is 32.7 Å². The zero-order chi connectivity index (χ0) is 20.1. The highest BCUT2D eigenvalue weighted by atomic mass is 16.2. The molecule has 2 aliphatic heterocycles. The summed E-state index contributed by atoms with van der Waals surface area (Å²) < 4.78 is 1.83. The second kappa shape index (κ2) is 9.07. The molecule has 0 atom stereocenters. The molecule has 154 valence electrons. The van der Waals surface area contributed by atoms with Gasteiger partial charge in [0.25, 0.3) is 0 Å². The number of nitrogens with one attached hydrogen (secondary N) is 1. The molecule has 0 saturated carbocycles. The van der Waals surface area contributed by atoms with E-state index < -0.39 is 0 Å². The summed E-state index contributed by atoms with van der Waals surface area (Å²) in [6.07, 6.45) is 11.7. The molecule has 8 nitrogen and oxygen atoms in total. The highest BCUT2D eigenvalue weighted by Crippen LogP contribution is 2.22. The Balaban J connectivity index is 1.19. The molecule has 0 aliphatic carbocycles. The van der Waals surface area contributed by atoms with Crippen LogP contribution in [0.25, 0.3) is 5.82 Å². The molecule has 4 rings (SSSR count). The van der Waals surface area contributed by atoms with Crippen molar-refractivity contribution >= 4 is 11.9 Å². The van der Waals surface area contributed by atoms with Gasteiger partial charge in [0.05, 0.1) is 0 Å². The maximum atomic E-state index is 12.5. The monoisotopic (exact) mass is 396 g/mol. The van der Waals surface area contributed by atoms with Crippen LogP contribution in [0.3, 0.4) is 0 Å². The van der Waals surface area contributed by atoms with Crippen LogP contribution in [0.1, 0.15) is 37.7 Å². The van der Waals surface area contributed by atoms with E-state index in [1.165, 1.54) is 0 Å². The SMILES string of the molecule is O=C(CC1CCN(C(=O)NCc2ccc(-n3ccnc3)nc2)CC1)N1CCCC1. The number of likely N-dealkylation sites (tertiary alicyclic amines) is 2. The van der Waals surface area contributed by atoms with E-state index >= 15 is 0 Å². The quantitative estimate of drug-likeness (QED) is 0.840. The minimum Gasteiger partial charge on any atom is -0.343 e. The Bertz CT molecular complexity index is 806. The topological polar surface area (TPSA) is 83.4 Å². The first-order valence-electron chi connectivity index (χ1n) is 10.4. The van der Waals surface area contributed by atoms with Crippen LogP contribution >= 0.6 is 0 Å². The molecule has 0 bridgehead atoms. The number of rotatable bonds is 5. The van der Waals surface area contributed by atoms with Crippen LogP contribution in [0.5, 0.6) is 0 Å². The fourth-order valence-corrected chi connectivity index (χ4v) is 4.04. The summed E-state index contributed by atoms with van der Waals surface area (Å²) in [6, 6.07) is 3.82. The van der Waals surface area contributed by atoms with E-state index in [-0.39, 0.29) is 11.9 Å². The molecule has 3 amide bonds. The van der Waals surface area contributed by atoms with Crippen molar-refractivity contribution in [3.05, 3.63) is 42.6 Å². The Labute approximate surface area is 170 Å². The van der Waals surface area contributed by atoms with Crippen LogP contribution in [0.15, 0.2) is 37.1 Å². The minimum absolute atomic E-state index is 0.0481. The van der Waals surface area contributed by atoms with Crippen LogP contribution in [0.2, 0.25) is 0 Å². The number of nitrogens with zero attached hydrogens (tertiary/aromatic N) is 5. The first-order chi connectivity index (χ1) is 14.2. The van der Waals surface area contributed by atoms with Gasteiger partial charge in [0.1, 0.15) is 12.1 Å². The predicted molar refractivity (Wildman–Crippen MR) is 108 cm³/mol. The van der Waals surface area contributed by atoms with Crippen LogP contribution in [0.4, 0.5) is 4.79 Å². The van der Waals surface area contributed by atoms with Gasteiger partial charge >= 0.3 is 6.03 Å². The molecule has 2 aliphatic rings. The van der Waals surface area contributed by atoms with Gasteiger partial charge in [0, 0.05) is 57.7 Å². The maximum Gasteiger partial charge on any atom is 0.317 e. The van der Waals surface area contributed by atoms with Crippen molar-refractivity contribution in [3.63, 3.8) is 0 Å². The Morgan fingerprint density at radius 3 is 2.52 bits per heavy atom. The lowest BCUT2D eigenvalue weighted by Gasteiger charge is -2.32. The number of imidazole rings is 1.